The molecular weight excluding hydrogens is 1160 g/mol. The fraction of sp³-hybridized carbons (Fsp3) is 0.769. The van der Waals surface area contributed by atoms with Crippen molar-refractivity contribution in [2.75, 3.05) is 61.7 Å². The minimum absolute atomic E-state index is 0.0391. The maximum Gasteiger partial charge on any atom is 0.336 e. The van der Waals surface area contributed by atoms with Gasteiger partial charge in [-0.2, -0.15) is 58.8 Å². The second-order valence-electron chi connectivity index (χ2n) is 19.2. The fourth-order valence-corrected chi connectivity index (χ4v) is 13.2. The normalized spacial score (nSPS) is 19.6. The van der Waals surface area contributed by atoms with Crippen LogP contribution in [0.15, 0.2) is 0 Å². The lowest BCUT2D eigenvalue weighted by molar-refractivity contribution is -0.199. The molecule has 0 radical (unpaired) electrons. The number of ether oxygens (including phenoxy) is 4. The molecule has 0 spiro atoms. The summed E-state index contributed by atoms with van der Waals surface area (Å²) >= 11 is 9.53. The Hall–Kier alpha value is -4.29. The predicted molar refractivity (Wildman–Crippen MR) is 310 cm³/mol. The van der Waals surface area contributed by atoms with Crippen molar-refractivity contribution in [3.63, 3.8) is 0 Å². The Morgan fingerprint density at radius 2 is 0.778 bits per heavy atom. The fourth-order valence-electron chi connectivity index (χ4n) is 7.64. The van der Waals surface area contributed by atoms with E-state index in [1.165, 1.54) is 39.5 Å². The smallest absolute Gasteiger partial charge is 0.336 e. The molecule has 460 valence electrons. The van der Waals surface area contributed by atoms with E-state index in [1.54, 1.807) is 25.6 Å². The van der Waals surface area contributed by atoms with Crippen molar-refractivity contribution >= 4 is 130 Å². The topological polar surface area (TPSA) is 343 Å². The van der Waals surface area contributed by atoms with Crippen molar-refractivity contribution in [3.05, 3.63) is 0 Å². The zero-order valence-electron chi connectivity index (χ0n) is 47.4. The number of carbonyl (C=O) groups excluding carboxylic acids is 12. The van der Waals surface area contributed by atoms with E-state index in [2.05, 4.69) is 26.6 Å². The summed E-state index contributed by atoms with van der Waals surface area (Å²) in [4.78, 5) is 150. The minimum atomic E-state index is -0.913. The van der Waals surface area contributed by atoms with Crippen LogP contribution < -0.4 is 22.1 Å². The molecule has 2 aliphatic carbocycles. The molecule has 81 heavy (non-hydrogen) atoms. The molecule has 29 heteroatoms. The van der Waals surface area contributed by atoms with Crippen LogP contribution in [0.2, 0.25) is 0 Å². The molecule has 2 heterocycles. The van der Waals surface area contributed by atoms with Crippen LogP contribution in [-0.4, -0.2) is 189 Å². The van der Waals surface area contributed by atoms with Crippen LogP contribution in [0.25, 0.3) is 0 Å². The van der Waals surface area contributed by atoms with Crippen LogP contribution in [0.1, 0.15) is 143 Å². The van der Waals surface area contributed by atoms with Gasteiger partial charge in [0.05, 0.1) is 25.7 Å². The van der Waals surface area contributed by atoms with Crippen molar-refractivity contribution in [1.29, 1.82) is 0 Å². The first-order valence-electron chi connectivity index (χ1n) is 27.3. The highest BCUT2D eigenvalue weighted by Gasteiger charge is 2.35. The monoisotopic (exact) mass is 1240 g/mol. The Labute approximate surface area is 496 Å². The number of rotatable bonds is 36. The summed E-state index contributed by atoms with van der Waals surface area (Å²) in [6, 6.07) is 0. The summed E-state index contributed by atoms with van der Waals surface area (Å²) < 4.78 is 20.6. The Morgan fingerprint density at radius 3 is 1.09 bits per heavy atom. The van der Waals surface area contributed by atoms with E-state index in [0.717, 1.165) is 51.9 Å². The van der Waals surface area contributed by atoms with Gasteiger partial charge in [0.15, 0.2) is 0 Å². The zero-order valence-corrected chi connectivity index (χ0v) is 51.5. The van der Waals surface area contributed by atoms with Gasteiger partial charge >= 0.3 is 35.8 Å². The summed E-state index contributed by atoms with van der Waals surface area (Å²) in [5, 5.41) is 9.60. The lowest BCUT2D eigenvalue weighted by Gasteiger charge is -2.35. The molecule has 2 saturated carbocycles. The first-order valence-corrected chi connectivity index (χ1v) is 33.1. The van der Waals surface area contributed by atoms with Gasteiger partial charge in [0, 0.05) is 122 Å². The van der Waals surface area contributed by atoms with E-state index >= 15 is 0 Å². The highest BCUT2D eigenvalue weighted by Crippen LogP contribution is 2.40. The minimum Gasteiger partial charge on any atom is -0.462 e. The quantitative estimate of drug-likeness (QED) is 0.0299. The zero-order chi connectivity index (χ0) is 60.3. The largest absolute Gasteiger partial charge is 0.462 e. The number of nitrogens with zero attached hydrogens (tertiary/aromatic N) is 2. The third kappa shape index (κ3) is 31.8. The second-order valence-corrected chi connectivity index (χ2v) is 25.3. The van der Waals surface area contributed by atoms with E-state index in [9.17, 15) is 57.5 Å². The second kappa shape index (κ2) is 41.7. The average molecular weight is 1240 g/mol. The summed E-state index contributed by atoms with van der Waals surface area (Å²) in [6.07, 6.45) is 6.06. The molecular formula is C52H84N6O18S5. The van der Waals surface area contributed by atoms with Crippen LogP contribution >= 0.6 is 58.8 Å². The van der Waals surface area contributed by atoms with Gasteiger partial charge in [0.1, 0.15) is 24.4 Å². The van der Waals surface area contributed by atoms with E-state index < -0.39 is 83.9 Å². The maximum absolute atomic E-state index is 12.0. The van der Waals surface area contributed by atoms with E-state index in [4.69, 9.17) is 30.4 Å². The Bertz CT molecular complexity index is 1960. The standard InChI is InChI=1S/C23H40N2O6S3.C21H26N2O12.C8H18N2S2/c1-16(14-20(26)24-10-12-32-3)30-22(28)6-5-7-23(29)31-17(2)15-21(27)25-11-13-34-19-9-8-18(19)33-4;1-12(10-20(30)34-22-14(24)6-7-15(22)25)32-18(28)4-3-5-19(29)33-13(2)11-21(31)35-23-16(26)8-9-17(23)27;9-3-5-11-7-1-2-8(7)12-6-4-10/h16-19H,5-15H2,1-4H3,(H,24,26)(H,25,27);12-13H,3-11H2,1-2H3;7-8H,1-6,9-10H2. The number of hydrogen-bond donors (Lipinski definition) is 4. The van der Waals surface area contributed by atoms with Crippen molar-refractivity contribution in [1.82, 2.24) is 20.8 Å². The number of carbonyl (C=O) groups is 12. The van der Waals surface area contributed by atoms with Crippen LogP contribution in [0.4, 0.5) is 0 Å². The molecule has 4 fully saturated rings. The van der Waals surface area contributed by atoms with Gasteiger partial charge in [-0.05, 0) is 78.7 Å². The van der Waals surface area contributed by atoms with Gasteiger partial charge in [-0.3, -0.25) is 47.9 Å². The van der Waals surface area contributed by atoms with Crippen molar-refractivity contribution < 1.29 is 86.2 Å². The summed E-state index contributed by atoms with van der Waals surface area (Å²) in [5.41, 5.74) is 10.9. The molecule has 6 N–H and O–H groups in total. The third-order valence-electron chi connectivity index (χ3n) is 12.0. The number of nitrogens with two attached hydrogens (primary N) is 2. The predicted octanol–water partition coefficient (Wildman–Crippen LogP) is 3.94. The summed E-state index contributed by atoms with van der Waals surface area (Å²) in [6.45, 7) is 9.02. The molecule has 8 unspecified atom stereocenters. The van der Waals surface area contributed by atoms with Gasteiger partial charge in [0.2, 0.25) is 11.8 Å². The van der Waals surface area contributed by atoms with Gasteiger partial charge in [-0.25, -0.2) is 9.59 Å². The first-order chi connectivity index (χ1) is 38.6. The summed E-state index contributed by atoms with van der Waals surface area (Å²) in [5.74, 6) is -2.94. The number of nitrogens with one attached hydrogen (secondary N) is 2. The lowest BCUT2D eigenvalue weighted by atomic mass is 9.99. The Morgan fingerprint density at radius 1 is 0.469 bits per heavy atom. The lowest BCUT2D eigenvalue weighted by Crippen LogP contribution is -2.34. The van der Waals surface area contributed by atoms with Crippen LogP contribution in [0.5, 0.6) is 0 Å². The number of esters is 4. The molecule has 8 atom stereocenters. The molecule has 0 aromatic rings. The van der Waals surface area contributed by atoms with Crippen molar-refractivity contribution in [2.45, 2.75) is 189 Å². The highest BCUT2D eigenvalue weighted by atomic mass is 32.2. The Balaban J connectivity index is 0.000000459. The number of thioether (sulfide) groups is 5. The van der Waals surface area contributed by atoms with Crippen LogP contribution in [0, 0.1) is 0 Å². The number of imide groups is 2. The molecule has 0 aromatic carbocycles. The summed E-state index contributed by atoms with van der Waals surface area (Å²) in [7, 11) is 0. The van der Waals surface area contributed by atoms with Gasteiger partial charge in [-0.1, -0.05) is 0 Å². The molecule has 2 saturated heterocycles. The molecule has 6 amide bonds. The highest BCUT2D eigenvalue weighted by molar-refractivity contribution is 8.04. The number of hydrogen-bond acceptors (Lipinski definition) is 25. The van der Waals surface area contributed by atoms with Gasteiger partial charge < -0.3 is 50.7 Å². The average Bonchev–Trinajstić information content (AvgIpc) is 3.89. The van der Waals surface area contributed by atoms with E-state index in [1.807, 2.05) is 53.3 Å². The molecule has 4 rings (SSSR count). The SMILES string of the molecule is CC(CC(=O)ON1C(=O)CCC1=O)OC(=O)CCCC(=O)OC(C)CC(=O)ON1C(=O)CCC1=O.CSCCNC(=O)CC(C)OC(=O)CCCC(=O)OC(C)CC(=O)NCCSC1CCC1SC.NCCSC1CCC1SCCN. The van der Waals surface area contributed by atoms with Crippen molar-refractivity contribution in [2.24, 2.45) is 11.5 Å². The van der Waals surface area contributed by atoms with E-state index in [0.29, 0.717) is 34.9 Å². The molecule has 24 nitrogen and oxygen atoms in total. The van der Waals surface area contributed by atoms with Gasteiger partial charge in [-0.15, -0.1) is 10.1 Å². The maximum atomic E-state index is 12.0. The number of hydroxylamine groups is 4. The van der Waals surface area contributed by atoms with E-state index in [-0.39, 0.29) is 95.3 Å². The molecule has 0 bridgehead atoms. The van der Waals surface area contributed by atoms with Crippen LogP contribution in [-0.2, 0) is 86.2 Å². The first kappa shape index (κ1) is 72.8. The van der Waals surface area contributed by atoms with Crippen LogP contribution in [0.3, 0.4) is 0 Å². The molecule has 2 aliphatic heterocycles. The number of amides is 6. The molecule has 4 aliphatic rings. The van der Waals surface area contributed by atoms with Crippen molar-refractivity contribution in [3.8, 4) is 0 Å². The Kier molecular flexibility index (Phi) is 37.5. The molecule has 0 aromatic heterocycles. The van der Waals surface area contributed by atoms with Gasteiger partial charge in [0.25, 0.3) is 23.6 Å². The third-order valence-corrected chi connectivity index (χ3v) is 18.5.